The van der Waals surface area contributed by atoms with Gasteiger partial charge in [0.15, 0.2) is 0 Å². The molecular weight excluding hydrogens is 291 g/mol. The topological polar surface area (TPSA) is 72.2 Å². The van der Waals surface area contributed by atoms with Gasteiger partial charge in [-0.2, -0.15) is 0 Å². The smallest absolute Gasteiger partial charge is 0.243 e. The molecule has 1 aromatic rings. The molecule has 0 bridgehead atoms. The highest BCUT2D eigenvalue weighted by molar-refractivity contribution is 7.89. The Kier molecular flexibility index (Phi) is 6.61. The maximum Gasteiger partial charge on any atom is 0.243 e. The third kappa shape index (κ3) is 5.28. The van der Waals surface area contributed by atoms with E-state index in [1.54, 1.807) is 13.8 Å². The molecule has 0 amide bonds. The molecule has 0 saturated heterocycles. The van der Waals surface area contributed by atoms with Gasteiger partial charge in [0.1, 0.15) is 10.7 Å². The summed E-state index contributed by atoms with van der Waals surface area (Å²) in [5.41, 5.74) is 6.47. The minimum absolute atomic E-state index is 0.228. The van der Waals surface area contributed by atoms with Crippen molar-refractivity contribution in [3.63, 3.8) is 0 Å². The van der Waals surface area contributed by atoms with Crippen LogP contribution in [-0.2, 0) is 10.0 Å². The van der Waals surface area contributed by atoms with Gasteiger partial charge in [-0.3, -0.25) is 0 Å². The molecule has 6 heteroatoms. The van der Waals surface area contributed by atoms with Gasteiger partial charge in [0.25, 0.3) is 0 Å². The molecule has 1 unspecified atom stereocenters. The first kappa shape index (κ1) is 17.9. The Morgan fingerprint density at radius 3 is 2.57 bits per heavy atom. The van der Waals surface area contributed by atoms with Crippen molar-refractivity contribution in [2.24, 2.45) is 0 Å². The first-order valence-electron chi connectivity index (χ1n) is 7.36. The van der Waals surface area contributed by atoms with Crippen molar-refractivity contribution in [3.05, 3.63) is 23.5 Å². The van der Waals surface area contributed by atoms with Gasteiger partial charge in [-0.05, 0) is 38.0 Å². The van der Waals surface area contributed by atoms with Crippen LogP contribution >= 0.6 is 0 Å². The first-order valence-corrected chi connectivity index (χ1v) is 8.84. The van der Waals surface area contributed by atoms with E-state index in [1.165, 1.54) is 6.07 Å². The molecule has 1 aromatic carbocycles. The number of halogens is 1. The largest absolute Gasteiger partial charge is 0.398 e. The van der Waals surface area contributed by atoms with Crippen molar-refractivity contribution in [3.8, 4) is 0 Å². The molecule has 3 N–H and O–H groups in total. The van der Waals surface area contributed by atoms with Crippen LogP contribution in [0.4, 0.5) is 10.1 Å². The summed E-state index contributed by atoms with van der Waals surface area (Å²) in [6.07, 6.45) is 5.04. The summed E-state index contributed by atoms with van der Waals surface area (Å²) >= 11 is 0. The molecule has 0 fully saturated rings. The van der Waals surface area contributed by atoms with E-state index in [0.717, 1.165) is 38.2 Å². The molecule has 0 heterocycles. The SMILES string of the molecule is CCCCCCC(C)NS(=O)(=O)c1cc(N)c(C)cc1F. The van der Waals surface area contributed by atoms with E-state index in [4.69, 9.17) is 5.73 Å². The summed E-state index contributed by atoms with van der Waals surface area (Å²) in [6.45, 7) is 5.55. The Bertz CT molecular complexity index is 573. The van der Waals surface area contributed by atoms with Crippen LogP contribution in [0.3, 0.4) is 0 Å². The number of benzene rings is 1. The lowest BCUT2D eigenvalue weighted by Gasteiger charge is -2.15. The van der Waals surface area contributed by atoms with Crippen LogP contribution in [0.15, 0.2) is 17.0 Å². The average molecular weight is 316 g/mol. The van der Waals surface area contributed by atoms with Gasteiger partial charge in [-0.25, -0.2) is 17.5 Å². The molecule has 0 spiro atoms. The Morgan fingerprint density at radius 1 is 1.29 bits per heavy atom. The lowest BCUT2D eigenvalue weighted by atomic mass is 10.1. The number of aryl methyl sites for hydroxylation is 1. The first-order chi connectivity index (χ1) is 9.77. The summed E-state index contributed by atoms with van der Waals surface area (Å²) < 4.78 is 40.8. The zero-order valence-electron chi connectivity index (χ0n) is 12.9. The number of nitrogen functional groups attached to an aromatic ring is 1. The summed E-state index contributed by atoms with van der Waals surface area (Å²) in [6, 6.07) is 2.10. The molecule has 1 atom stereocenters. The Labute approximate surface area is 127 Å². The fraction of sp³-hybridized carbons (Fsp3) is 0.600. The molecule has 0 aliphatic rings. The van der Waals surface area contributed by atoms with Crippen LogP contribution in [0.5, 0.6) is 0 Å². The molecule has 120 valence electrons. The van der Waals surface area contributed by atoms with E-state index in [2.05, 4.69) is 11.6 Å². The van der Waals surface area contributed by atoms with Crippen LogP contribution < -0.4 is 10.5 Å². The van der Waals surface area contributed by atoms with Crippen molar-refractivity contribution in [1.82, 2.24) is 4.72 Å². The number of anilines is 1. The second-order valence-corrected chi connectivity index (χ2v) is 7.19. The number of hydrogen-bond acceptors (Lipinski definition) is 3. The van der Waals surface area contributed by atoms with E-state index in [0.29, 0.717) is 5.56 Å². The third-order valence-corrected chi connectivity index (χ3v) is 5.06. The second-order valence-electron chi connectivity index (χ2n) is 5.51. The number of rotatable bonds is 8. The molecule has 0 aromatic heterocycles. The Hall–Kier alpha value is -1.14. The molecule has 0 aliphatic carbocycles. The second kappa shape index (κ2) is 7.75. The number of hydrogen-bond donors (Lipinski definition) is 2. The number of nitrogens with one attached hydrogen (secondary N) is 1. The third-order valence-electron chi connectivity index (χ3n) is 3.46. The minimum atomic E-state index is -3.88. The Morgan fingerprint density at radius 2 is 1.95 bits per heavy atom. The zero-order valence-corrected chi connectivity index (χ0v) is 13.8. The van der Waals surface area contributed by atoms with Crippen molar-refractivity contribution < 1.29 is 12.8 Å². The highest BCUT2D eigenvalue weighted by Gasteiger charge is 2.22. The standard InChI is InChI=1S/C15H25FN2O2S/c1-4-5-6-7-8-12(3)18-21(19,20)15-10-14(17)11(2)9-13(15)16/h9-10,12,18H,4-8,17H2,1-3H3. The van der Waals surface area contributed by atoms with Crippen molar-refractivity contribution >= 4 is 15.7 Å². The van der Waals surface area contributed by atoms with Crippen LogP contribution in [0.2, 0.25) is 0 Å². The fourth-order valence-electron chi connectivity index (χ4n) is 2.14. The zero-order chi connectivity index (χ0) is 16.0. The highest BCUT2D eigenvalue weighted by atomic mass is 32.2. The van der Waals surface area contributed by atoms with Gasteiger partial charge in [0.05, 0.1) is 0 Å². The lowest BCUT2D eigenvalue weighted by molar-refractivity contribution is 0.515. The van der Waals surface area contributed by atoms with Gasteiger partial charge in [0.2, 0.25) is 10.0 Å². The van der Waals surface area contributed by atoms with Crippen molar-refractivity contribution in [2.75, 3.05) is 5.73 Å². The van der Waals surface area contributed by atoms with E-state index < -0.39 is 15.8 Å². The summed E-state index contributed by atoms with van der Waals surface area (Å²) in [5, 5.41) is 0. The maximum atomic E-state index is 13.9. The van der Waals surface area contributed by atoms with Gasteiger partial charge < -0.3 is 5.73 Å². The predicted molar refractivity (Wildman–Crippen MR) is 84.1 cm³/mol. The van der Waals surface area contributed by atoms with Crippen LogP contribution in [0.1, 0.15) is 51.5 Å². The van der Waals surface area contributed by atoms with Gasteiger partial charge in [-0.15, -0.1) is 0 Å². The molecule has 0 aliphatic heterocycles. The van der Waals surface area contributed by atoms with E-state index in [-0.39, 0.29) is 16.6 Å². The predicted octanol–water partition coefficient (Wildman–Crippen LogP) is 3.35. The van der Waals surface area contributed by atoms with Crippen LogP contribution in [0.25, 0.3) is 0 Å². The maximum absolute atomic E-state index is 13.9. The van der Waals surface area contributed by atoms with Gasteiger partial charge in [-0.1, -0.05) is 32.6 Å². The normalized spacial score (nSPS) is 13.3. The van der Waals surface area contributed by atoms with Gasteiger partial charge in [0, 0.05) is 11.7 Å². The number of sulfonamides is 1. The Balaban J connectivity index is 2.75. The molecule has 0 radical (unpaired) electrons. The molecule has 1 rings (SSSR count). The highest BCUT2D eigenvalue weighted by Crippen LogP contribution is 2.22. The average Bonchev–Trinajstić information content (AvgIpc) is 2.38. The summed E-state index contributed by atoms with van der Waals surface area (Å²) in [7, 11) is -3.88. The quantitative estimate of drug-likeness (QED) is 0.570. The monoisotopic (exact) mass is 316 g/mol. The van der Waals surface area contributed by atoms with Crippen molar-refractivity contribution in [1.29, 1.82) is 0 Å². The van der Waals surface area contributed by atoms with Crippen LogP contribution in [0, 0.1) is 12.7 Å². The van der Waals surface area contributed by atoms with E-state index >= 15 is 0 Å². The van der Waals surface area contributed by atoms with E-state index in [1.807, 2.05) is 0 Å². The molecule has 21 heavy (non-hydrogen) atoms. The summed E-state index contributed by atoms with van der Waals surface area (Å²) in [4.78, 5) is -0.383. The fourth-order valence-corrected chi connectivity index (χ4v) is 3.51. The molecular formula is C15H25FN2O2S. The summed E-state index contributed by atoms with van der Waals surface area (Å²) in [5.74, 6) is -0.771. The number of unbranched alkanes of at least 4 members (excludes halogenated alkanes) is 3. The number of nitrogens with two attached hydrogens (primary N) is 1. The lowest BCUT2D eigenvalue weighted by Crippen LogP contribution is -2.33. The van der Waals surface area contributed by atoms with E-state index in [9.17, 15) is 12.8 Å². The van der Waals surface area contributed by atoms with Crippen LogP contribution in [-0.4, -0.2) is 14.5 Å². The molecule has 0 saturated carbocycles. The van der Waals surface area contributed by atoms with Gasteiger partial charge >= 0.3 is 0 Å². The molecule has 4 nitrogen and oxygen atoms in total. The van der Waals surface area contributed by atoms with Crippen molar-refractivity contribution in [2.45, 2.75) is 63.8 Å². The minimum Gasteiger partial charge on any atom is -0.398 e.